The number of carbonyl (C=O) groups is 1. The molecule has 0 aliphatic heterocycles. The molecule has 0 radical (unpaired) electrons. The van der Waals surface area contributed by atoms with Crippen LogP contribution in [-0.4, -0.2) is 18.1 Å². The van der Waals surface area contributed by atoms with Gasteiger partial charge in [0.2, 0.25) is 0 Å². The van der Waals surface area contributed by atoms with E-state index in [1.165, 1.54) is 0 Å². The zero-order valence-electron chi connectivity index (χ0n) is 8.14. The summed E-state index contributed by atoms with van der Waals surface area (Å²) in [6.07, 6.45) is -3.42. The van der Waals surface area contributed by atoms with E-state index in [0.29, 0.717) is 0 Å². The average Bonchev–Trinajstić information content (AvgIpc) is 2.23. The molecule has 1 aromatic heterocycles. The molecule has 1 rings (SSSR count). The van der Waals surface area contributed by atoms with Gasteiger partial charge in [0.25, 0.3) is 6.43 Å². The Hall–Kier alpha value is -1.30. The van der Waals surface area contributed by atoms with Gasteiger partial charge in [0.05, 0.1) is 24.2 Å². The van der Waals surface area contributed by atoms with Crippen molar-refractivity contribution in [3.63, 3.8) is 0 Å². The third kappa shape index (κ3) is 2.85. The summed E-state index contributed by atoms with van der Waals surface area (Å²) in [5.74, 6) is -1.77. The monoisotopic (exact) mass is 253 g/mol. The van der Waals surface area contributed by atoms with Crippen molar-refractivity contribution in [2.75, 3.05) is 7.11 Å². The average molecular weight is 254 g/mol. The fourth-order valence-corrected chi connectivity index (χ4v) is 1.23. The SMILES string of the molecule is COC(=O)Cc1nc(C(F)F)cc(Cl)c1F. The lowest BCUT2D eigenvalue weighted by atomic mass is 10.2. The fourth-order valence-electron chi connectivity index (χ4n) is 1.01. The number of carbonyl (C=O) groups excluding carboxylic acids is 1. The third-order valence-electron chi connectivity index (χ3n) is 1.76. The number of ether oxygens (including phenoxy) is 1. The molecule has 1 aromatic rings. The maximum atomic E-state index is 13.3. The number of hydrogen-bond donors (Lipinski definition) is 0. The Morgan fingerprint density at radius 3 is 2.75 bits per heavy atom. The first kappa shape index (κ1) is 12.8. The van der Waals surface area contributed by atoms with E-state index >= 15 is 0 Å². The molecule has 0 amide bonds. The summed E-state index contributed by atoms with van der Waals surface area (Å²) < 4.78 is 42.2. The fraction of sp³-hybridized carbons (Fsp3) is 0.333. The number of pyridine rings is 1. The predicted molar refractivity (Wildman–Crippen MR) is 49.9 cm³/mol. The van der Waals surface area contributed by atoms with Crippen molar-refractivity contribution in [2.24, 2.45) is 0 Å². The first-order valence-corrected chi connectivity index (χ1v) is 4.53. The minimum Gasteiger partial charge on any atom is -0.469 e. The molecule has 0 unspecified atom stereocenters. The molecule has 0 fully saturated rings. The largest absolute Gasteiger partial charge is 0.469 e. The standard InChI is InChI=1S/C9H7ClF3NO2/c1-16-7(15)3-5-8(11)4(10)2-6(14-5)9(12)13/h2,9H,3H2,1H3. The molecule has 0 aliphatic carbocycles. The molecule has 7 heteroatoms. The van der Waals surface area contributed by atoms with E-state index in [-0.39, 0.29) is 0 Å². The van der Waals surface area contributed by atoms with Gasteiger partial charge in [-0.25, -0.2) is 18.2 Å². The molecule has 0 saturated carbocycles. The van der Waals surface area contributed by atoms with Gasteiger partial charge in [-0.1, -0.05) is 11.6 Å². The minimum atomic E-state index is -2.88. The van der Waals surface area contributed by atoms with Gasteiger partial charge in [0, 0.05) is 0 Å². The normalized spacial score (nSPS) is 10.6. The number of alkyl halides is 2. The quantitative estimate of drug-likeness (QED) is 0.777. The molecule has 88 valence electrons. The topological polar surface area (TPSA) is 39.2 Å². The van der Waals surface area contributed by atoms with E-state index in [0.717, 1.165) is 13.2 Å². The van der Waals surface area contributed by atoms with Gasteiger partial charge in [-0.15, -0.1) is 0 Å². The van der Waals surface area contributed by atoms with Crippen LogP contribution in [0.25, 0.3) is 0 Å². The van der Waals surface area contributed by atoms with Crippen LogP contribution >= 0.6 is 11.6 Å². The summed E-state index contributed by atoms with van der Waals surface area (Å²) in [7, 11) is 1.10. The van der Waals surface area contributed by atoms with Crippen LogP contribution < -0.4 is 0 Å². The molecule has 0 bridgehead atoms. The van der Waals surface area contributed by atoms with Gasteiger partial charge in [-0.3, -0.25) is 4.79 Å². The smallest absolute Gasteiger partial charge is 0.311 e. The van der Waals surface area contributed by atoms with Crippen LogP contribution in [-0.2, 0) is 16.0 Å². The lowest BCUT2D eigenvalue weighted by Crippen LogP contribution is -2.10. The Morgan fingerprint density at radius 1 is 1.62 bits per heavy atom. The van der Waals surface area contributed by atoms with Gasteiger partial charge in [-0.2, -0.15) is 0 Å². The van der Waals surface area contributed by atoms with Crippen LogP contribution in [0.2, 0.25) is 5.02 Å². The summed E-state index contributed by atoms with van der Waals surface area (Å²) in [6.45, 7) is 0. The van der Waals surface area contributed by atoms with Crippen molar-refractivity contribution in [3.8, 4) is 0 Å². The van der Waals surface area contributed by atoms with E-state index in [1.54, 1.807) is 0 Å². The van der Waals surface area contributed by atoms with Crippen LogP contribution in [0.15, 0.2) is 6.07 Å². The highest BCUT2D eigenvalue weighted by Crippen LogP contribution is 2.24. The Labute approximate surface area is 94.2 Å². The molecule has 0 spiro atoms. The zero-order valence-corrected chi connectivity index (χ0v) is 8.89. The molecule has 0 atom stereocenters. The van der Waals surface area contributed by atoms with E-state index in [2.05, 4.69) is 9.72 Å². The second-order valence-corrected chi connectivity index (χ2v) is 3.25. The van der Waals surface area contributed by atoms with Crippen LogP contribution in [0.1, 0.15) is 17.8 Å². The number of halogens is 4. The number of nitrogens with zero attached hydrogens (tertiary/aromatic N) is 1. The number of aromatic nitrogens is 1. The summed E-state index contributed by atoms with van der Waals surface area (Å²) in [4.78, 5) is 14.2. The Balaban J connectivity index is 3.11. The van der Waals surface area contributed by atoms with E-state index in [1.807, 2.05) is 0 Å². The van der Waals surface area contributed by atoms with Gasteiger partial charge < -0.3 is 4.74 Å². The molecule has 1 heterocycles. The highest BCUT2D eigenvalue weighted by Gasteiger charge is 2.18. The van der Waals surface area contributed by atoms with E-state index in [4.69, 9.17) is 11.6 Å². The molecule has 0 aromatic carbocycles. The van der Waals surface area contributed by atoms with Crippen molar-refractivity contribution in [3.05, 3.63) is 28.3 Å². The van der Waals surface area contributed by atoms with Crippen molar-refractivity contribution in [1.82, 2.24) is 4.98 Å². The number of methoxy groups -OCH3 is 1. The molecule has 0 saturated heterocycles. The molecule has 3 nitrogen and oxygen atoms in total. The van der Waals surface area contributed by atoms with E-state index in [9.17, 15) is 18.0 Å². The first-order valence-electron chi connectivity index (χ1n) is 4.15. The minimum absolute atomic E-state index is 0.449. The molecular formula is C9H7ClF3NO2. The van der Waals surface area contributed by atoms with Crippen LogP contribution in [0.4, 0.5) is 13.2 Å². The zero-order chi connectivity index (χ0) is 12.3. The summed E-state index contributed by atoms with van der Waals surface area (Å²) in [5, 5.41) is -0.496. The maximum absolute atomic E-state index is 13.3. The van der Waals surface area contributed by atoms with E-state index < -0.39 is 41.0 Å². The molecule has 16 heavy (non-hydrogen) atoms. The molecule has 0 N–H and O–H groups in total. The third-order valence-corrected chi connectivity index (χ3v) is 2.04. The molecule has 0 aliphatic rings. The predicted octanol–water partition coefficient (Wildman–Crippen LogP) is 2.53. The lowest BCUT2D eigenvalue weighted by molar-refractivity contribution is -0.139. The number of hydrogen-bond acceptors (Lipinski definition) is 3. The van der Waals surface area contributed by atoms with Crippen LogP contribution in [0, 0.1) is 5.82 Å². The summed E-state index contributed by atoms with van der Waals surface area (Å²) in [6, 6.07) is 0.725. The Bertz CT molecular complexity index is 412. The number of rotatable bonds is 3. The van der Waals surface area contributed by atoms with Gasteiger partial charge in [-0.05, 0) is 6.07 Å². The van der Waals surface area contributed by atoms with Gasteiger partial charge in [0.15, 0.2) is 5.82 Å². The van der Waals surface area contributed by atoms with Gasteiger partial charge in [0.1, 0.15) is 5.69 Å². The lowest BCUT2D eigenvalue weighted by Gasteiger charge is -2.06. The van der Waals surface area contributed by atoms with Crippen molar-refractivity contribution < 1.29 is 22.7 Å². The van der Waals surface area contributed by atoms with Crippen molar-refractivity contribution >= 4 is 17.6 Å². The maximum Gasteiger partial charge on any atom is 0.311 e. The Kier molecular flexibility index (Phi) is 4.12. The van der Waals surface area contributed by atoms with Gasteiger partial charge >= 0.3 is 5.97 Å². The highest BCUT2D eigenvalue weighted by atomic mass is 35.5. The highest BCUT2D eigenvalue weighted by molar-refractivity contribution is 6.30. The Morgan fingerprint density at radius 2 is 2.25 bits per heavy atom. The first-order chi connectivity index (χ1) is 7.45. The molecular weight excluding hydrogens is 247 g/mol. The second-order valence-electron chi connectivity index (χ2n) is 2.84. The van der Waals surface area contributed by atoms with Crippen molar-refractivity contribution in [1.29, 1.82) is 0 Å². The van der Waals surface area contributed by atoms with Crippen LogP contribution in [0.5, 0.6) is 0 Å². The second kappa shape index (κ2) is 5.16. The number of esters is 1. The summed E-state index contributed by atoms with van der Waals surface area (Å²) in [5.41, 5.74) is -1.13. The summed E-state index contributed by atoms with van der Waals surface area (Å²) >= 11 is 5.39. The van der Waals surface area contributed by atoms with Crippen molar-refractivity contribution in [2.45, 2.75) is 12.8 Å². The van der Waals surface area contributed by atoms with Crippen LogP contribution in [0.3, 0.4) is 0 Å².